The van der Waals surface area contributed by atoms with Gasteiger partial charge in [0.05, 0.1) is 6.20 Å². The Bertz CT molecular complexity index is 560. The lowest BCUT2D eigenvalue weighted by molar-refractivity contribution is 0.115. The number of guanidine groups is 1. The van der Waals surface area contributed by atoms with Crippen molar-refractivity contribution in [3.63, 3.8) is 0 Å². The third-order valence-corrected chi connectivity index (χ3v) is 6.02. The highest BCUT2D eigenvalue weighted by atomic mass is 127. The first-order valence-corrected chi connectivity index (χ1v) is 10.1. The van der Waals surface area contributed by atoms with Crippen LogP contribution in [-0.4, -0.2) is 47.3 Å². The molecule has 1 aromatic rings. The van der Waals surface area contributed by atoms with E-state index in [9.17, 15) is 0 Å². The van der Waals surface area contributed by atoms with E-state index in [-0.39, 0.29) is 24.0 Å². The van der Waals surface area contributed by atoms with Crippen molar-refractivity contribution in [2.75, 3.05) is 26.7 Å². The molecule has 0 unspecified atom stereocenters. The number of piperidine rings is 1. The molecule has 1 spiro atoms. The molecule has 0 amide bonds. The number of rotatable bonds is 4. The minimum absolute atomic E-state index is 0. The first-order valence-electron chi connectivity index (χ1n) is 10.1. The first kappa shape index (κ1) is 21.5. The Morgan fingerprint density at radius 1 is 1.19 bits per heavy atom. The van der Waals surface area contributed by atoms with E-state index in [2.05, 4.69) is 26.5 Å². The molecule has 1 N–H and O–H groups in total. The lowest BCUT2D eigenvalue weighted by Crippen LogP contribution is -2.50. The SMILES string of the molecule is CN=C(NCCCc1cnn(C)c1)N1CCCC2(CCCCCC2)C1.I. The maximum absolute atomic E-state index is 4.58. The molecule has 2 heterocycles. The normalized spacial score (nSPS) is 20.5. The average Bonchev–Trinajstić information content (AvgIpc) is 2.90. The van der Waals surface area contributed by atoms with Crippen molar-refractivity contribution < 1.29 is 0 Å². The highest BCUT2D eigenvalue weighted by Gasteiger charge is 2.36. The smallest absolute Gasteiger partial charge is 0.193 e. The van der Waals surface area contributed by atoms with Crippen molar-refractivity contribution in [3.05, 3.63) is 18.0 Å². The summed E-state index contributed by atoms with van der Waals surface area (Å²) in [4.78, 5) is 7.10. The van der Waals surface area contributed by atoms with Crippen LogP contribution >= 0.6 is 24.0 Å². The average molecular weight is 473 g/mol. The summed E-state index contributed by atoms with van der Waals surface area (Å²) < 4.78 is 1.88. The number of nitrogens with zero attached hydrogens (tertiary/aromatic N) is 4. The topological polar surface area (TPSA) is 45.5 Å². The van der Waals surface area contributed by atoms with Crippen molar-refractivity contribution in [1.29, 1.82) is 0 Å². The van der Waals surface area contributed by atoms with E-state index in [0.717, 1.165) is 31.9 Å². The number of aryl methyl sites for hydroxylation is 2. The summed E-state index contributed by atoms with van der Waals surface area (Å²) in [6.07, 6.45) is 17.5. The van der Waals surface area contributed by atoms with Crippen molar-refractivity contribution in [1.82, 2.24) is 20.0 Å². The second-order valence-corrected chi connectivity index (χ2v) is 8.04. The van der Waals surface area contributed by atoms with Gasteiger partial charge in [-0.15, -0.1) is 24.0 Å². The maximum Gasteiger partial charge on any atom is 0.193 e. The predicted octanol–water partition coefficient (Wildman–Crippen LogP) is 3.98. The first-order chi connectivity index (χ1) is 12.2. The molecule has 0 radical (unpaired) electrons. The highest BCUT2D eigenvalue weighted by molar-refractivity contribution is 14.0. The largest absolute Gasteiger partial charge is 0.356 e. The lowest BCUT2D eigenvalue weighted by Gasteiger charge is -2.44. The van der Waals surface area contributed by atoms with Gasteiger partial charge in [0.15, 0.2) is 5.96 Å². The van der Waals surface area contributed by atoms with E-state index in [0.29, 0.717) is 5.41 Å². The van der Waals surface area contributed by atoms with Gasteiger partial charge in [0.1, 0.15) is 0 Å². The minimum Gasteiger partial charge on any atom is -0.356 e. The molecule has 0 atom stereocenters. The van der Waals surface area contributed by atoms with Crippen LogP contribution in [0.25, 0.3) is 0 Å². The quantitative estimate of drug-likeness (QED) is 0.312. The fourth-order valence-electron chi connectivity index (χ4n) is 4.70. The van der Waals surface area contributed by atoms with E-state index in [4.69, 9.17) is 0 Å². The molecule has 3 rings (SSSR count). The molecule has 2 fully saturated rings. The fraction of sp³-hybridized carbons (Fsp3) is 0.800. The Morgan fingerprint density at radius 3 is 2.58 bits per heavy atom. The van der Waals surface area contributed by atoms with Crippen LogP contribution in [0.2, 0.25) is 0 Å². The summed E-state index contributed by atoms with van der Waals surface area (Å²) in [6.45, 7) is 3.34. The van der Waals surface area contributed by atoms with Gasteiger partial charge in [0.2, 0.25) is 0 Å². The van der Waals surface area contributed by atoms with Gasteiger partial charge in [-0.3, -0.25) is 9.67 Å². The van der Waals surface area contributed by atoms with Gasteiger partial charge in [0, 0.05) is 39.9 Å². The van der Waals surface area contributed by atoms with Crippen molar-refractivity contribution in [2.24, 2.45) is 17.5 Å². The molecule has 5 nitrogen and oxygen atoms in total. The second kappa shape index (κ2) is 10.5. The number of hydrogen-bond donors (Lipinski definition) is 1. The Labute approximate surface area is 176 Å². The summed E-state index contributed by atoms with van der Waals surface area (Å²) in [6, 6.07) is 0. The molecule has 0 bridgehead atoms. The zero-order chi connectivity index (χ0) is 17.5. The van der Waals surface area contributed by atoms with Gasteiger partial charge >= 0.3 is 0 Å². The summed E-state index contributed by atoms with van der Waals surface area (Å²) in [5.41, 5.74) is 1.87. The number of nitrogens with one attached hydrogen (secondary N) is 1. The zero-order valence-electron chi connectivity index (χ0n) is 16.5. The van der Waals surface area contributed by atoms with Crippen LogP contribution in [0.5, 0.6) is 0 Å². The van der Waals surface area contributed by atoms with Crippen molar-refractivity contribution >= 4 is 29.9 Å². The predicted molar refractivity (Wildman–Crippen MR) is 119 cm³/mol. The van der Waals surface area contributed by atoms with E-state index >= 15 is 0 Å². The van der Waals surface area contributed by atoms with Gasteiger partial charge in [-0.1, -0.05) is 25.7 Å². The van der Waals surface area contributed by atoms with E-state index in [1.54, 1.807) is 0 Å². The van der Waals surface area contributed by atoms with Crippen LogP contribution in [-0.2, 0) is 13.5 Å². The van der Waals surface area contributed by atoms with Crippen LogP contribution in [0.4, 0.5) is 0 Å². The monoisotopic (exact) mass is 473 g/mol. The molecule has 26 heavy (non-hydrogen) atoms. The van der Waals surface area contributed by atoms with Gasteiger partial charge in [-0.05, 0) is 49.5 Å². The Balaban J connectivity index is 0.00000243. The Kier molecular flexibility index (Phi) is 8.70. The molecular weight excluding hydrogens is 437 g/mol. The van der Waals surface area contributed by atoms with Crippen LogP contribution < -0.4 is 5.32 Å². The second-order valence-electron chi connectivity index (χ2n) is 8.04. The summed E-state index contributed by atoms with van der Waals surface area (Å²) in [5, 5.41) is 7.84. The van der Waals surface area contributed by atoms with E-state index < -0.39 is 0 Å². The molecule has 1 aromatic heterocycles. The van der Waals surface area contributed by atoms with Gasteiger partial charge < -0.3 is 10.2 Å². The molecule has 0 aromatic carbocycles. The van der Waals surface area contributed by atoms with Crippen molar-refractivity contribution in [2.45, 2.75) is 64.2 Å². The number of aromatic nitrogens is 2. The lowest BCUT2D eigenvalue weighted by atomic mass is 9.74. The Hall–Kier alpha value is -0.790. The molecule has 6 heteroatoms. The Morgan fingerprint density at radius 2 is 1.92 bits per heavy atom. The molecule has 1 aliphatic carbocycles. The molecule has 1 saturated heterocycles. The minimum atomic E-state index is 0. The van der Waals surface area contributed by atoms with Crippen molar-refractivity contribution in [3.8, 4) is 0 Å². The number of likely N-dealkylation sites (tertiary alicyclic amines) is 1. The molecule has 1 saturated carbocycles. The fourth-order valence-corrected chi connectivity index (χ4v) is 4.70. The summed E-state index contributed by atoms with van der Waals surface area (Å²) in [7, 11) is 3.90. The molecule has 1 aliphatic heterocycles. The molecule has 148 valence electrons. The standard InChI is InChI=1S/C20H35N5.HI/c1-21-19(22-13-7-9-18-15-23-24(2)16-18)25-14-8-12-20(17-25)10-5-3-4-6-11-20;/h15-16H,3-14,17H2,1-2H3,(H,21,22);1H. The van der Waals surface area contributed by atoms with Gasteiger partial charge in [0.25, 0.3) is 0 Å². The van der Waals surface area contributed by atoms with Crippen LogP contribution in [0.1, 0.15) is 63.4 Å². The third-order valence-electron chi connectivity index (χ3n) is 6.02. The maximum atomic E-state index is 4.58. The number of halogens is 1. The summed E-state index contributed by atoms with van der Waals surface area (Å²) >= 11 is 0. The van der Waals surface area contributed by atoms with Gasteiger partial charge in [-0.2, -0.15) is 5.10 Å². The highest BCUT2D eigenvalue weighted by Crippen LogP contribution is 2.42. The summed E-state index contributed by atoms with van der Waals surface area (Å²) in [5.74, 6) is 1.11. The number of aliphatic imine (C=N–C) groups is 1. The zero-order valence-corrected chi connectivity index (χ0v) is 18.9. The molecule has 2 aliphatic rings. The van der Waals surface area contributed by atoms with Crippen LogP contribution in [0.3, 0.4) is 0 Å². The third kappa shape index (κ3) is 5.86. The van der Waals surface area contributed by atoms with Gasteiger partial charge in [-0.25, -0.2) is 0 Å². The van der Waals surface area contributed by atoms with E-state index in [1.807, 2.05) is 25.0 Å². The van der Waals surface area contributed by atoms with Crippen LogP contribution in [0.15, 0.2) is 17.4 Å². The molecular formula is C20H36IN5. The van der Waals surface area contributed by atoms with Crippen LogP contribution in [0, 0.1) is 5.41 Å². The number of hydrogen-bond acceptors (Lipinski definition) is 2. The van der Waals surface area contributed by atoms with E-state index in [1.165, 1.54) is 63.5 Å².